The van der Waals surface area contributed by atoms with E-state index in [1.54, 1.807) is 23.7 Å². The summed E-state index contributed by atoms with van der Waals surface area (Å²) in [6.45, 7) is 2.49. The molecule has 0 aliphatic rings. The van der Waals surface area contributed by atoms with Gasteiger partial charge in [-0.05, 0) is 53.1 Å². The number of carbonyl (C=O) groups excluding carboxylic acids is 1. The monoisotopic (exact) mass is 372 g/mol. The smallest absolute Gasteiger partial charge is 0.252 e. The minimum Gasteiger partial charge on any atom is -0.348 e. The predicted octanol–water partition coefficient (Wildman–Crippen LogP) is 3.66. The van der Waals surface area contributed by atoms with Gasteiger partial charge in [-0.3, -0.25) is 9.89 Å². The van der Waals surface area contributed by atoms with Gasteiger partial charge in [-0.1, -0.05) is 17.9 Å². The summed E-state index contributed by atoms with van der Waals surface area (Å²) in [4.78, 5) is 16.9. The van der Waals surface area contributed by atoms with E-state index in [0.717, 1.165) is 27.7 Å². The van der Waals surface area contributed by atoms with Crippen molar-refractivity contribution in [2.24, 2.45) is 0 Å². The topological polar surface area (TPSA) is 70.7 Å². The lowest BCUT2D eigenvalue weighted by Crippen LogP contribution is -2.23. The third-order valence-electron chi connectivity index (χ3n) is 4.09. The van der Waals surface area contributed by atoms with Crippen LogP contribution >= 0.6 is 11.3 Å². The molecule has 0 saturated carbocycles. The summed E-state index contributed by atoms with van der Waals surface area (Å²) in [5, 5.41) is 14.7. The summed E-state index contributed by atoms with van der Waals surface area (Å²) in [7, 11) is 0. The fraction of sp³-hybridized carbons (Fsp3) is 0.0952. The Morgan fingerprint density at radius 3 is 3.00 bits per heavy atom. The number of hydrogen-bond donors (Lipinski definition) is 2. The molecule has 132 valence electrons. The molecule has 4 rings (SSSR count). The first kappa shape index (κ1) is 17.0. The molecule has 1 amide bonds. The standard InChI is InChI=1S/C21H16N4OS/c1-14-2-5-19(21(26)23-11-16-6-7-27-13-16)17(8-14)4-3-15-9-18-12-24-25-20(18)22-10-15/h2,5-10,12-13H,11H2,1H3,(H,23,26)(H,22,24,25). The Bertz CT molecular complexity index is 1170. The fourth-order valence-corrected chi connectivity index (χ4v) is 3.34. The predicted molar refractivity (Wildman–Crippen MR) is 107 cm³/mol. The zero-order chi connectivity index (χ0) is 18.6. The largest absolute Gasteiger partial charge is 0.348 e. The number of amides is 1. The molecule has 2 N–H and O–H groups in total. The van der Waals surface area contributed by atoms with Crippen LogP contribution in [0.4, 0.5) is 0 Å². The van der Waals surface area contributed by atoms with Crippen molar-refractivity contribution in [1.29, 1.82) is 0 Å². The van der Waals surface area contributed by atoms with Gasteiger partial charge in [-0.15, -0.1) is 0 Å². The Labute approximate surface area is 160 Å². The molecule has 3 heterocycles. The number of nitrogens with one attached hydrogen (secondary N) is 2. The first-order chi connectivity index (χ1) is 13.2. The number of aryl methyl sites for hydroxylation is 1. The maximum atomic E-state index is 12.6. The molecule has 0 radical (unpaired) electrons. The average Bonchev–Trinajstić information content (AvgIpc) is 3.35. The summed E-state index contributed by atoms with van der Waals surface area (Å²) in [6.07, 6.45) is 3.41. The van der Waals surface area contributed by atoms with Crippen LogP contribution in [0.5, 0.6) is 0 Å². The second kappa shape index (κ2) is 7.44. The van der Waals surface area contributed by atoms with Crippen LogP contribution in [0, 0.1) is 18.8 Å². The summed E-state index contributed by atoms with van der Waals surface area (Å²) in [6, 6.07) is 9.59. The van der Waals surface area contributed by atoms with E-state index in [-0.39, 0.29) is 5.91 Å². The normalized spacial score (nSPS) is 10.4. The highest BCUT2D eigenvalue weighted by atomic mass is 32.1. The Balaban J connectivity index is 1.60. The fourth-order valence-electron chi connectivity index (χ4n) is 2.67. The molecule has 0 unspecified atom stereocenters. The van der Waals surface area contributed by atoms with Crippen molar-refractivity contribution in [3.63, 3.8) is 0 Å². The van der Waals surface area contributed by atoms with Crippen LogP contribution in [0.2, 0.25) is 0 Å². The summed E-state index contributed by atoms with van der Waals surface area (Å²) in [5.74, 6) is 6.09. The van der Waals surface area contributed by atoms with Crippen molar-refractivity contribution in [2.75, 3.05) is 0 Å². The first-order valence-electron chi connectivity index (χ1n) is 8.40. The van der Waals surface area contributed by atoms with Crippen molar-refractivity contribution < 1.29 is 4.79 Å². The number of fused-ring (bicyclic) bond motifs is 1. The van der Waals surface area contributed by atoms with Crippen LogP contribution in [0.1, 0.15) is 32.6 Å². The van der Waals surface area contributed by atoms with Gasteiger partial charge in [0.15, 0.2) is 5.65 Å². The van der Waals surface area contributed by atoms with Crippen molar-refractivity contribution in [3.8, 4) is 11.8 Å². The van der Waals surface area contributed by atoms with E-state index >= 15 is 0 Å². The van der Waals surface area contributed by atoms with Gasteiger partial charge in [0.05, 0.1) is 11.8 Å². The minimum atomic E-state index is -0.131. The Kier molecular flexibility index (Phi) is 4.69. The van der Waals surface area contributed by atoms with Gasteiger partial charge in [-0.2, -0.15) is 16.4 Å². The van der Waals surface area contributed by atoms with E-state index < -0.39 is 0 Å². The number of rotatable bonds is 3. The number of pyridine rings is 1. The van der Waals surface area contributed by atoms with Gasteiger partial charge in [0, 0.05) is 29.3 Å². The zero-order valence-electron chi connectivity index (χ0n) is 14.6. The third kappa shape index (κ3) is 3.89. The molecule has 0 aliphatic carbocycles. The summed E-state index contributed by atoms with van der Waals surface area (Å²) >= 11 is 1.61. The Hall–Kier alpha value is -3.43. The van der Waals surface area contributed by atoms with Gasteiger partial charge in [0.2, 0.25) is 0 Å². The van der Waals surface area contributed by atoms with Crippen LogP contribution in [0.3, 0.4) is 0 Å². The molecule has 3 aromatic heterocycles. The van der Waals surface area contributed by atoms with Crippen LogP contribution < -0.4 is 5.32 Å². The number of nitrogens with zero attached hydrogens (tertiary/aromatic N) is 2. The zero-order valence-corrected chi connectivity index (χ0v) is 15.4. The molecule has 1 aromatic carbocycles. The maximum absolute atomic E-state index is 12.6. The van der Waals surface area contributed by atoms with Crippen LogP contribution in [0.15, 0.2) is 53.5 Å². The molecule has 27 heavy (non-hydrogen) atoms. The van der Waals surface area contributed by atoms with Gasteiger partial charge in [-0.25, -0.2) is 4.98 Å². The Morgan fingerprint density at radius 2 is 2.15 bits per heavy atom. The molecule has 0 atom stereocenters. The number of H-pyrrole nitrogens is 1. The third-order valence-corrected chi connectivity index (χ3v) is 4.82. The van der Waals surface area contributed by atoms with Crippen LogP contribution in [-0.2, 0) is 6.54 Å². The number of benzene rings is 1. The number of hydrogen-bond acceptors (Lipinski definition) is 4. The molecule has 0 aliphatic heterocycles. The molecular weight excluding hydrogens is 356 g/mol. The molecule has 0 spiro atoms. The van der Waals surface area contributed by atoms with Crippen molar-refractivity contribution in [1.82, 2.24) is 20.5 Å². The lowest BCUT2D eigenvalue weighted by atomic mass is 10.0. The minimum absolute atomic E-state index is 0.131. The number of thiophene rings is 1. The molecule has 4 aromatic rings. The summed E-state index contributed by atoms with van der Waals surface area (Å²) < 4.78 is 0. The van der Waals surface area contributed by atoms with E-state index in [0.29, 0.717) is 17.7 Å². The quantitative estimate of drug-likeness (QED) is 0.539. The number of aromatic nitrogens is 3. The van der Waals surface area contributed by atoms with E-state index in [9.17, 15) is 4.79 Å². The lowest BCUT2D eigenvalue weighted by molar-refractivity contribution is 0.0950. The maximum Gasteiger partial charge on any atom is 0.252 e. The highest BCUT2D eigenvalue weighted by Gasteiger charge is 2.10. The highest BCUT2D eigenvalue weighted by molar-refractivity contribution is 7.07. The van der Waals surface area contributed by atoms with Crippen molar-refractivity contribution in [2.45, 2.75) is 13.5 Å². The van der Waals surface area contributed by atoms with Crippen LogP contribution in [-0.4, -0.2) is 21.1 Å². The lowest BCUT2D eigenvalue weighted by Gasteiger charge is -2.07. The highest BCUT2D eigenvalue weighted by Crippen LogP contribution is 2.13. The van der Waals surface area contributed by atoms with Gasteiger partial charge < -0.3 is 5.32 Å². The molecule has 0 bridgehead atoms. The molecule has 6 heteroatoms. The van der Waals surface area contributed by atoms with Gasteiger partial charge in [0.25, 0.3) is 5.91 Å². The van der Waals surface area contributed by atoms with E-state index in [2.05, 4.69) is 32.3 Å². The summed E-state index contributed by atoms with van der Waals surface area (Å²) in [5.41, 5.74) is 4.91. The molecule has 0 saturated heterocycles. The van der Waals surface area contributed by atoms with E-state index in [1.165, 1.54) is 0 Å². The van der Waals surface area contributed by atoms with E-state index in [4.69, 9.17) is 0 Å². The number of aromatic amines is 1. The molecule has 5 nitrogen and oxygen atoms in total. The second-order valence-electron chi connectivity index (χ2n) is 6.15. The first-order valence-corrected chi connectivity index (χ1v) is 9.34. The second-order valence-corrected chi connectivity index (χ2v) is 6.93. The Morgan fingerprint density at radius 1 is 1.22 bits per heavy atom. The van der Waals surface area contributed by atoms with Crippen LogP contribution in [0.25, 0.3) is 11.0 Å². The average molecular weight is 372 g/mol. The molecular formula is C21H16N4OS. The SMILES string of the molecule is Cc1ccc(C(=O)NCc2ccsc2)c(C#Cc2cnc3[nH]ncc3c2)c1. The van der Waals surface area contributed by atoms with Crippen molar-refractivity contribution in [3.05, 3.63) is 81.3 Å². The van der Waals surface area contributed by atoms with Gasteiger partial charge in [0.1, 0.15) is 0 Å². The van der Waals surface area contributed by atoms with Gasteiger partial charge >= 0.3 is 0 Å². The number of carbonyl (C=O) groups is 1. The van der Waals surface area contributed by atoms with E-state index in [1.807, 2.05) is 48.0 Å². The van der Waals surface area contributed by atoms with Crippen molar-refractivity contribution >= 4 is 28.3 Å². The molecule has 0 fully saturated rings.